The fraction of sp³-hybridized carbons (Fsp3) is 0.500. The molecule has 1 saturated heterocycles. The molecule has 3 rings (SSSR count). The van der Waals surface area contributed by atoms with Gasteiger partial charge >= 0.3 is 0 Å². The van der Waals surface area contributed by atoms with Crippen LogP contribution < -0.4 is 15.4 Å². The number of hydrogen-bond donors (Lipinski definition) is 4. The lowest BCUT2D eigenvalue weighted by Crippen LogP contribution is -2.46. The van der Waals surface area contributed by atoms with Crippen molar-refractivity contribution in [3.05, 3.63) is 63.4 Å². The number of aliphatic hydroxyl groups excluding tert-OH is 2. The molecule has 5 atom stereocenters. The number of ether oxygens (including phenoxy) is 1. The van der Waals surface area contributed by atoms with Gasteiger partial charge in [-0.1, -0.05) is 62.2 Å². The first-order chi connectivity index (χ1) is 17.9. The number of nitriles is 1. The Morgan fingerprint density at radius 3 is 2.63 bits per heavy atom. The van der Waals surface area contributed by atoms with E-state index in [9.17, 15) is 15.2 Å². The van der Waals surface area contributed by atoms with Gasteiger partial charge in [0.1, 0.15) is 17.0 Å². The van der Waals surface area contributed by atoms with E-state index in [1.165, 1.54) is 19.2 Å². The van der Waals surface area contributed by atoms with Gasteiger partial charge in [0.25, 0.3) is 0 Å². The Morgan fingerprint density at radius 1 is 1.32 bits per heavy atom. The summed E-state index contributed by atoms with van der Waals surface area (Å²) in [6.07, 6.45) is -0.388. The molecule has 1 aliphatic rings. The first kappa shape index (κ1) is 30.1. The van der Waals surface area contributed by atoms with E-state index in [0.29, 0.717) is 22.8 Å². The normalized spacial score (nSPS) is 24.1. The summed E-state index contributed by atoms with van der Waals surface area (Å²) >= 11 is 12.4. The van der Waals surface area contributed by atoms with Crippen LogP contribution in [-0.4, -0.2) is 54.6 Å². The molecule has 4 N–H and O–H groups in total. The molecule has 38 heavy (non-hydrogen) atoms. The average Bonchev–Trinajstić information content (AvgIpc) is 3.18. The topological polar surface area (TPSA) is 115 Å². The number of amides is 1. The van der Waals surface area contributed by atoms with Crippen LogP contribution in [0.4, 0.5) is 4.39 Å². The van der Waals surface area contributed by atoms with Crippen LogP contribution in [0, 0.1) is 22.6 Å². The van der Waals surface area contributed by atoms with Crippen molar-refractivity contribution in [2.45, 2.75) is 63.1 Å². The Balaban J connectivity index is 2.27. The summed E-state index contributed by atoms with van der Waals surface area (Å²) in [7, 11) is 1.47. The zero-order valence-electron chi connectivity index (χ0n) is 21.9. The highest BCUT2D eigenvalue weighted by Gasteiger charge is 2.61. The van der Waals surface area contributed by atoms with Gasteiger partial charge in [-0.15, -0.1) is 0 Å². The fourth-order valence-electron chi connectivity index (χ4n) is 5.30. The maximum absolute atomic E-state index is 15.7. The zero-order valence-corrected chi connectivity index (χ0v) is 23.4. The van der Waals surface area contributed by atoms with Crippen LogP contribution in [0.2, 0.25) is 10.0 Å². The van der Waals surface area contributed by atoms with Crippen LogP contribution >= 0.6 is 23.2 Å². The smallest absolute Gasteiger partial charge is 0.237 e. The lowest BCUT2D eigenvalue weighted by Gasteiger charge is -2.38. The molecule has 206 valence electrons. The van der Waals surface area contributed by atoms with E-state index in [2.05, 4.69) is 16.7 Å². The largest absolute Gasteiger partial charge is 0.496 e. The fourth-order valence-corrected chi connectivity index (χ4v) is 5.65. The van der Waals surface area contributed by atoms with Crippen molar-refractivity contribution in [3.8, 4) is 11.8 Å². The highest BCUT2D eigenvalue weighted by Crippen LogP contribution is 2.54. The third-order valence-corrected chi connectivity index (χ3v) is 7.48. The van der Waals surface area contributed by atoms with Gasteiger partial charge in [0.2, 0.25) is 5.91 Å². The minimum Gasteiger partial charge on any atom is -0.496 e. The van der Waals surface area contributed by atoms with Gasteiger partial charge in [-0.25, -0.2) is 4.39 Å². The summed E-state index contributed by atoms with van der Waals surface area (Å²) in [5.41, 5.74) is -1.13. The van der Waals surface area contributed by atoms with Crippen molar-refractivity contribution in [1.82, 2.24) is 10.6 Å². The Labute approximate surface area is 232 Å². The molecule has 0 aliphatic carbocycles. The minimum atomic E-state index is -1.46. The summed E-state index contributed by atoms with van der Waals surface area (Å²) < 4.78 is 21.3. The first-order valence-electron chi connectivity index (χ1n) is 12.4. The summed E-state index contributed by atoms with van der Waals surface area (Å²) in [5.74, 6) is -1.84. The molecule has 1 aliphatic heterocycles. The predicted molar refractivity (Wildman–Crippen MR) is 145 cm³/mol. The van der Waals surface area contributed by atoms with Crippen molar-refractivity contribution in [3.63, 3.8) is 0 Å². The molecule has 4 unspecified atom stereocenters. The van der Waals surface area contributed by atoms with Gasteiger partial charge in [-0.05, 0) is 42.0 Å². The second-order valence-corrected chi connectivity index (χ2v) is 11.7. The molecule has 1 heterocycles. The van der Waals surface area contributed by atoms with Crippen LogP contribution in [0.1, 0.15) is 50.7 Å². The van der Waals surface area contributed by atoms with Gasteiger partial charge in [0, 0.05) is 29.1 Å². The van der Waals surface area contributed by atoms with Gasteiger partial charge < -0.3 is 25.6 Å². The van der Waals surface area contributed by atoms with Crippen LogP contribution in [0.25, 0.3) is 0 Å². The van der Waals surface area contributed by atoms with Gasteiger partial charge in [-0.2, -0.15) is 5.26 Å². The first-order valence-corrected chi connectivity index (χ1v) is 13.2. The lowest BCUT2D eigenvalue weighted by molar-refractivity contribution is -0.123. The van der Waals surface area contributed by atoms with Crippen molar-refractivity contribution >= 4 is 29.1 Å². The number of benzene rings is 2. The lowest BCUT2D eigenvalue weighted by atomic mass is 9.62. The Hall–Kier alpha value is -2.41. The van der Waals surface area contributed by atoms with E-state index in [-0.39, 0.29) is 29.0 Å². The van der Waals surface area contributed by atoms with E-state index < -0.39 is 47.9 Å². The number of methoxy groups -OCH3 is 1. The minimum absolute atomic E-state index is 0.0806. The second kappa shape index (κ2) is 12.2. The standard InChI is InChI=1S/C28H34Cl2FN3O4/c1-27(2,3)13-22-28(15-32,19-9-8-16(29)12-21(19)38-4)23(18-6-5-7-20(30)24(18)31)25(34-22)26(37)33-11-10-17(36)14-35/h5-9,12,17,22-23,25,34-36H,10-11,13-14H2,1-4H3,(H,33,37)/t17-,22?,23?,25?,28?/m0/s1. The number of carbonyl (C=O) groups excluding carboxylic acids is 1. The number of aliphatic hydroxyl groups is 2. The molecule has 7 nitrogen and oxygen atoms in total. The molecule has 0 bridgehead atoms. The third-order valence-electron chi connectivity index (χ3n) is 6.95. The highest BCUT2D eigenvalue weighted by atomic mass is 35.5. The van der Waals surface area contributed by atoms with Crippen molar-refractivity contribution in [2.24, 2.45) is 5.41 Å². The van der Waals surface area contributed by atoms with Crippen molar-refractivity contribution < 1.29 is 24.1 Å². The Kier molecular flexibility index (Phi) is 9.66. The average molecular weight is 567 g/mol. The van der Waals surface area contributed by atoms with Crippen LogP contribution in [-0.2, 0) is 10.2 Å². The molecule has 0 spiro atoms. The van der Waals surface area contributed by atoms with E-state index in [1.54, 1.807) is 24.3 Å². The van der Waals surface area contributed by atoms with Crippen molar-refractivity contribution in [2.75, 3.05) is 20.3 Å². The number of nitrogens with zero attached hydrogens (tertiary/aromatic N) is 1. The molecule has 1 amide bonds. The molecule has 0 aromatic heterocycles. The number of nitrogens with one attached hydrogen (secondary N) is 2. The molecule has 1 fully saturated rings. The predicted octanol–water partition coefficient (Wildman–Crippen LogP) is 4.32. The molecular weight excluding hydrogens is 532 g/mol. The molecule has 10 heteroatoms. The monoisotopic (exact) mass is 565 g/mol. The number of rotatable bonds is 9. The summed E-state index contributed by atoms with van der Waals surface area (Å²) in [6, 6.07) is 10.3. The molecule has 2 aromatic carbocycles. The van der Waals surface area contributed by atoms with Gasteiger partial charge in [0.15, 0.2) is 0 Å². The zero-order chi connectivity index (χ0) is 28.3. The molecule has 2 aromatic rings. The van der Waals surface area contributed by atoms with Crippen molar-refractivity contribution in [1.29, 1.82) is 5.26 Å². The summed E-state index contributed by atoms with van der Waals surface area (Å²) in [5, 5.41) is 36.2. The van der Waals surface area contributed by atoms with E-state index in [0.717, 1.165) is 0 Å². The number of carbonyl (C=O) groups is 1. The van der Waals surface area contributed by atoms with E-state index in [4.69, 9.17) is 33.0 Å². The Bertz CT molecular complexity index is 1200. The molecule has 0 saturated carbocycles. The number of hydrogen-bond acceptors (Lipinski definition) is 6. The summed E-state index contributed by atoms with van der Waals surface area (Å²) in [6.45, 7) is 5.71. The third kappa shape index (κ3) is 6.08. The SMILES string of the molecule is COc1cc(Cl)ccc1C1(C#N)C(CC(C)(C)C)NC(C(=O)NCC[C@H](O)CO)C1c1cccc(Cl)c1F. The van der Waals surface area contributed by atoms with E-state index >= 15 is 4.39 Å². The quantitative estimate of drug-likeness (QED) is 0.360. The maximum Gasteiger partial charge on any atom is 0.237 e. The molecule has 0 radical (unpaired) electrons. The van der Waals surface area contributed by atoms with Crippen LogP contribution in [0.15, 0.2) is 36.4 Å². The molecular formula is C28H34Cl2FN3O4. The summed E-state index contributed by atoms with van der Waals surface area (Å²) in [4.78, 5) is 13.6. The van der Waals surface area contributed by atoms with E-state index in [1.807, 2.05) is 20.8 Å². The van der Waals surface area contributed by atoms with Crippen LogP contribution in [0.5, 0.6) is 5.75 Å². The van der Waals surface area contributed by atoms with Gasteiger partial charge in [0.05, 0.1) is 37.0 Å². The van der Waals surface area contributed by atoms with Crippen LogP contribution in [0.3, 0.4) is 0 Å². The number of halogens is 3. The highest BCUT2D eigenvalue weighted by molar-refractivity contribution is 6.31. The maximum atomic E-state index is 15.7. The van der Waals surface area contributed by atoms with Gasteiger partial charge in [-0.3, -0.25) is 4.79 Å². The second-order valence-electron chi connectivity index (χ2n) is 10.8. The Morgan fingerprint density at radius 2 is 2.03 bits per heavy atom.